The van der Waals surface area contributed by atoms with Crippen molar-refractivity contribution >= 4 is 29.1 Å². The van der Waals surface area contributed by atoms with Crippen LogP contribution in [0.3, 0.4) is 0 Å². The molecule has 1 N–H and O–H groups in total. The maximum absolute atomic E-state index is 12.0. The summed E-state index contributed by atoms with van der Waals surface area (Å²) in [6.45, 7) is 0. The summed E-state index contributed by atoms with van der Waals surface area (Å²) in [5.41, 5.74) is 1.71. The Kier molecular flexibility index (Phi) is 3.92. The molecular weight excluding hydrogens is 284 g/mol. The molecule has 106 valence electrons. The first kappa shape index (κ1) is 13.7. The summed E-state index contributed by atoms with van der Waals surface area (Å²) in [6.07, 6.45) is 9.50. The van der Waals surface area contributed by atoms with Gasteiger partial charge in [-0.1, -0.05) is 18.2 Å². The summed E-state index contributed by atoms with van der Waals surface area (Å²) >= 11 is 1.51. The van der Waals surface area contributed by atoms with Crippen molar-refractivity contribution in [2.24, 2.45) is 4.99 Å². The Morgan fingerprint density at radius 2 is 2.10 bits per heavy atom. The molecule has 0 saturated heterocycles. The number of carbonyl (C=O) groups is 1. The van der Waals surface area contributed by atoms with Gasteiger partial charge in [-0.15, -0.1) is 11.8 Å². The Bertz CT molecular complexity index is 672. The highest BCUT2D eigenvalue weighted by molar-refractivity contribution is 8.05. The molecule has 3 rings (SSSR count). The van der Waals surface area contributed by atoms with Gasteiger partial charge in [0.05, 0.1) is 23.0 Å². The lowest BCUT2D eigenvalue weighted by Crippen LogP contribution is -2.22. The van der Waals surface area contributed by atoms with Gasteiger partial charge in [0, 0.05) is 11.9 Å². The van der Waals surface area contributed by atoms with Crippen molar-refractivity contribution in [2.45, 2.75) is 5.25 Å². The number of hydrogen-bond donors (Lipinski definition) is 1. The number of ether oxygens (including phenoxy) is 1. The van der Waals surface area contributed by atoms with Gasteiger partial charge < -0.3 is 10.1 Å². The molecular formula is C16H14N2O2S. The van der Waals surface area contributed by atoms with Crippen molar-refractivity contribution in [3.05, 3.63) is 59.7 Å². The fraction of sp³-hybridized carbons (Fsp3) is 0.125. The van der Waals surface area contributed by atoms with E-state index in [0.29, 0.717) is 4.91 Å². The Morgan fingerprint density at radius 3 is 2.86 bits per heavy atom. The van der Waals surface area contributed by atoms with E-state index in [4.69, 9.17) is 4.74 Å². The van der Waals surface area contributed by atoms with Crippen LogP contribution in [0.15, 0.2) is 64.7 Å². The van der Waals surface area contributed by atoms with E-state index in [1.54, 1.807) is 13.3 Å². The second-order valence-electron chi connectivity index (χ2n) is 4.51. The topological polar surface area (TPSA) is 50.7 Å². The first-order valence-electron chi connectivity index (χ1n) is 6.51. The van der Waals surface area contributed by atoms with Crippen LogP contribution in [0, 0.1) is 0 Å². The van der Waals surface area contributed by atoms with Crippen LogP contribution in [0.4, 0.5) is 5.69 Å². The van der Waals surface area contributed by atoms with Crippen molar-refractivity contribution in [1.29, 1.82) is 0 Å². The molecule has 1 atom stereocenters. The molecule has 1 aliphatic carbocycles. The van der Waals surface area contributed by atoms with Gasteiger partial charge in [0.2, 0.25) is 0 Å². The van der Waals surface area contributed by atoms with Crippen LogP contribution in [0.25, 0.3) is 0 Å². The maximum atomic E-state index is 12.0. The van der Waals surface area contributed by atoms with Gasteiger partial charge in [-0.2, -0.15) is 0 Å². The summed E-state index contributed by atoms with van der Waals surface area (Å²) < 4.78 is 5.11. The van der Waals surface area contributed by atoms with Gasteiger partial charge in [0.1, 0.15) is 5.75 Å². The molecule has 21 heavy (non-hydrogen) atoms. The minimum absolute atomic E-state index is 0.122. The number of aliphatic imine (C=N–C) groups is 1. The molecule has 1 aromatic carbocycles. The number of nitrogens with zero attached hydrogens (tertiary/aromatic N) is 1. The molecule has 1 heterocycles. The van der Waals surface area contributed by atoms with Crippen molar-refractivity contribution in [3.8, 4) is 5.75 Å². The minimum atomic E-state index is -0.202. The zero-order valence-corrected chi connectivity index (χ0v) is 12.3. The molecule has 0 saturated carbocycles. The molecule has 0 bridgehead atoms. The third-order valence-corrected chi connectivity index (χ3v) is 4.31. The Labute approximate surface area is 127 Å². The van der Waals surface area contributed by atoms with Gasteiger partial charge in [0.15, 0.2) is 0 Å². The fourth-order valence-electron chi connectivity index (χ4n) is 2.00. The molecule has 0 spiro atoms. The number of carbonyl (C=O) groups excluding carboxylic acids is 1. The van der Waals surface area contributed by atoms with E-state index in [9.17, 15) is 4.79 Å². The van der Waals surface area contributed by atoms with Crippen molar-refractivity contribution < 1.29 is 9.53 Å². The highest BCUT2D eigenvalue weighted by atomic mass is 32.2. The lowest BCUT2D eigenvalue weighted by Gasteiger charge is -2.20. The van der Waals surface area contributed by atoms with Crippen molar-refractivity contribution in [1.82, 2.24) is 0 Å². The van der Waals surface area contributed by atoms with Crippen LogP contribution < -0.4 is 10.1 Å². The lowest BCUT2D eigenvalue weighted by molar-refractivity contribution is -0.113. The highest BCUT2D eigenvalue weighted by Gasteiger charge is 2.25. The van der Waals surface area contributed by atoms with Gasteiger partial charge in [-0.3, -0.25) is 4.79 Å². The van der Waals surface area contributed by atoms with Gasteiger partial charge in [-0.05, 0) is 30.3 Å². The van der Waals surface area contributed by atoms with E-state index in [2.05, 4.69) is 10.3 Å². The monoisotopic (exact) mass is 298 g/mol. The Balaban J connectivity index is 1.74. The number of rotatable bonds is 3. The average Bonchev–Trinajstić information content (AvgIpc) is 2.53. The number of methoxy groups -OCH3 is 1. The van der Waals surface area contributed by atoms with Crippen LogP contribution in [-0.2, 0) is 4.79 Å². The van der Waals surface area contributed by atoms with E-state index in [1.165, 1.54) is 11.8 Å². The number of thioether (sulfide) groups is 1. The van der Waals surface area contributed by atoms with Crippen LogP contribution in [0.1, 0.15) is 0 Å². The molecule has 4 nitrogen and oxygen atoms in total. The number of hydrogen-bond acceptors (Lipinski definition) is 4. The van der Waals surface area contributed by atoms with Crippen LogP contribution in [0.5, 0.6) is 5.75 Å². The average molecular weight is 298 g/mol. The molecule has 5 heteroatoms. The number of allylic oxidation sites excluding steroid dienone is 3. The van der Waals surface area contributed by atoms with Crippen molar-refractivity contribution in [2.75, 3.05) is 12.4 Å². The Hall–Kier alpha value is -2.27. The van der Waals surface area contributed by atoms with Crippen LogP contribution in [-0.4, -0.2) is 24.0 Å². The summed E-state index contributed by atoms with van der Waals surface area (Å²) in [5, 5.41) is 3.24. The number of nitrogens with one attached hydrogen (secondary N) is 1. The molecule has 1 amide bonds. The zero-order valence-electron chi connectivity index (χ0n) is 11.4. The molecule has 2 aliphatic rings. The predicted octanol–water partition coefficient (Wildman–Crippen LogP) is 3.16. The predicted molar refractivity (Wildman–Crippen MR) is 86.8 cm³/mol. The normalized spacial score (nSPS) is 22.0. The largest absolute Gasteiger partial charge is 0.497 e. The van der Waals surface area contributed by atoms with Gasteiger partial charge in [-0.25, -0.2) is 4.99 Å². The fourth-order valence-corrected chi connectivity index (χ4v) is 2.97. The molecule has 0 radical (unpaired) electrons. The van der Waals surface area contributed by atoms with Crippen LogP contribution >= 0.6 is 11.8 Å². The number of fused-ring (bicyclic) bond motifs is 1. The number of benzene rings is 1. The molecule has 1 aromatic rings. The van der Waals surface area contributed by atoms with E-state index < -0.39 is 0 Å². The highest BCUT2D eigenvalue weighted by Crippen LogP contribution is 2.31. The quantitative estimate of drug-likeness (QED) is 0.871. The van der Waals surface area contributed by atoms with E-state index >= 15 is 0 Å². The van der Waals surface area contributed by atoms with Gasteiger partial charge >= 0.3 is 0 Å². The lowest BCUT2D eigenvalue weighted by atomic mass is 10.1. The van der Waals surface area contributed by atoms with E-state index in [-0.39, 0.29) is 11.2 Å². The smallest absolute Gasteiger partial charge is 0.285 e. The molecule has 1 aliphatic heterocycles. The summed E-state index contributed by atoms with van der Waals surface area (Å²) in [6, 6.07) is 7.51. The molecule has 0 fully saturated rings. The SMILES string of the molecule is COc1ccc(N/C=C2/SC3C=CC=CC3=NC2=O)cc1. The summed E-state index contributed by atoms with van der Waals surface area (Å²) in [4.78, 5) is 16.7. The van der Waals surface area contributed by atoms with Crippen LogP contribution in [0.2, 0.25) is 0 Å². The molecule has 1 unspecified atom stereocenters. The summed E-state index contributed by atoms with van der Waals surface area (Å²) in [5.74, 6) is 0.594. The first-order chi connectivity index (χ1) is 10.3. The third kappa shape index (κ3) is 3.08. The summed E-state index contributed by atoms with van der Waals surface area (Å²) in [7, 11) is 1.63. The van der Waals surface area contributed by atoms with E-state index in [0.717, 1.165) is 17.1 Å². The minimum Gasteiger partial charge on any atom is -0.497 e. The second kappa shape index (κ2) is 6.01. The van der Waals surface area contributed by atoms with E-state index in [1.807, 2.05) is 48.6 Å². The van der Waals surface area contributed by atoms with Gasteiger partial charge in [0.25, 0.3) is 5.91 Å². The number of amides is 1. The Morgan fingerprint density at radius 1 is 1.29 bits per heavy atom. The first-order valence-corrected chi connectivity index (χ1v) is 7.39. The maximum Gasteiger partial charge on any atom is 0.285 e. The zero-order chi connectivity index (χ0) is 14.7. The third-order valence-electron chi connectivity index (χ3n) is 3.11. The van der Waals surface area contributed by atoms with Crippen molar-refractivity contribution in [3.63, 3.8) is 0 Å². The number of anilines is 1. The second-order valence-corrected chi connectivity index (χ2v) is 5.69. The molecule has 0 aromatic heterocycles. The standard InChI is InChI=1S/C16H14N2O2S/c1-20-12-8-6-11(7-9-12)17-10-15-16(19)18-13-4-2-3-5-14(13)21-15/h2-10,14,17H,1H3/b15-10+.